The van der Waals surface area contributed by atoms with Crippen molar-refractivity contribution in [2.75, 3.05) is 32.1 Å². The first-order valence-electron chi connectivity index (χ1n) is 8.07. The van der Waals surface area contributed by atoms with Gasteiger partial charge in [0.05, 0.1) is 19.0 Å². The van der Waals surface area contributed by atoms with E-state index in [1.165, 1.54) is 29.6 Å². The third-order valence-electron chi connectivity index (χ3n) is 4.04. The highest BCUT2D eigenvalue weighted by Gasteiger charge is 2.19. The first-order valence-corrected chi connectivity index (χ1v) is 10.2. The van der Waals surface area contributed by atoms with Crippen molar-refractivity contribution in [3.63, 3.8) is 0 Å². The van der Waals surface area contributed by atoms with E-state index in [4.69, 9.17) is 16.3 Å². The average Bonchev–Trinajstić information content (AvgIpc) is 3.12. The van der Waals surface area contributed by atoms with Crippen molar-refractivity contribution in [2.45, 2.75) is 5.03 Å². The monoisotopic (exact) mass is 406 g/mol. The molecule has 1 aliphatic rings. The second kappa shape index (κ2) is 7.87. The van der Waals surface area contributed by atoms with Crippen LogP contribution in [0.25, 0.3) is 21.5 Å². The van der Waals surface area contributed by atoms with Crippen LogP contribution >= 0.6 is 34.9 Å². The minimum absolute atomic E-state index is 0.104. The molecule has 26 heavy (non-hydrogen) atoms. The van der Waals surface area contributed by atoms with Crippen molar-refractivity contribution < 1.29 is 9.53 Å². The van der Waals surface area contributed by atoms with Crippen LogP contribution in [0, 0.1) is 0 Å². The first kappa shape index (κ1) is 17.7. The van der Waals surface area contributed by atoms with Crippen molar-refractivity contribution in [3.8, 4) is 11.3 Å². The van der Waals surface area contributed by atoms with Crippen LogP contribution in [0.15, 0.2) is 35.6 Å². The number of hydrogen-bond donors (Lipinski definition) is 0. The van der Waals surface area contributed by atoms with Crippen LogP contribution in [0.3, 0.4) is 0 Å². The number of ether oxygens (including phenoxy) is 1. The Morgan fingerprint density at radius 2 is 2.00 bits per heavy atom. The highest BCUT2D eigenvalue weighted by Crippen LogP contribution is 2.34. The van der Waals surface area contributed by atoms with Gasteiger partial charge in [-0.3, -0.25) is 4.79 Å². The van der Waals surface area contributed by atoms with Crippen molar-refractivity contribution in [1.82, 2.24) is 19.2 Å². The van der Waals surface area contributed by atoms with E-state index in [1.807, 2.05) is 29.2 Å². The molecule has 0 bridgehead atoms. The molecule has 1 saturated heterocycles. The normalized spacial score (nSPS) is 14.7. The fourth-order valence-electron chi connectivity index (χ4n) is 2.68. The molecule has 0 saturated carbocycles. The Labute approximate surface area is 163 Å². The fourth-order valence-corrected chi connectivity index (χ4v) is 4.63. The van der Waals surface area contributed by atoms with Gasteiger partial charge in [0.1, 0.15) is 27.3 Å². The lowest BCUT2D eigenvalue weighted by molar-refractivity contribution is -0.132. The number of rotatable bonds is 4. The predicted octanol–water partition coefficient (Wildman–Crippen LogP) is 3.36. The summed E-state index contributed by atoms with van der Waals surface area (Å²) in [5, 5.41) is 1.47. The smallest absolute Gasteiger partial charge is 0.233 e. The van der Waals surface area contributed by atoms with Gasteiger partial charge in [0, 0.05) is 23.7 Å². The molecule has 1 amide bonds. The summed E-state index contributed by atoms with van der Waals surface area (Å²) < 4.78 is 10.7. The molecule has 2 aromatic heterocycles. The van der Waals surface area contributed by atoms with Crippen molar-refractivity contribution in [2.24, 2.45) is 0 Å². The van der Waals surface area contributed by atoms with Gasteiger partial charge in [0.25, 0.3) is 0 Å². The third-order valence-corrected chi connectivity index (χ3v) is 6.24. The average molecular weight is 407 g/mol. The zero-order valence-electron chi connectivity index (χ0n) is 13.7. The van der Waals surface area contributed by atoms with Crippen LogP contribution < -0.4 is 0 Å². The Bertz CT molecular complexity index is 926. The summed E-state index contributed by atoms with van der Waals surface area (Å²) in [7, 11) is 0. The number of amides is 1. The number of aromatic nitrogens is 3. The summed E-state index contributed by atoms with van der Waals surface area (Å²) in [6.45, 7) is 2.51. The van der Waals surface area contributed by atoms with E-state index in [-0.39, 0.29) is 5.91 Å². The van der Waals surface area contributed by atoms with Crippen LogP contribution in [-0.2, 0) is 9.53 Å². The quantitative estimate of drug-likeness (QED) is 0.489. The molecular formula is C17H15ClN4O2S2. The Kier molecular flexibility index (Phi) is 5.35. The van der Waals surface area contributed by atoms with Gasteiger partial charge < -0.3 is 9.64 Å². The van der Waals surface area contributed by atoms with E-state index in [1.54, 1.807) is 0 Å². The summed E-state index contributed by atoms with van der Waals surface area (Å²) >= 11 is 8.74. The molecule has 6 nitrogen and oxygen atoms in total. The Morgan fingerprint density at radius 3 is 2.77 bits per heavy atom. The maximum Gasteiger partial charge on any atom is 0.233 e. The third kappa shape index (κ3) is 3.68. The second-order valence-electron chi connectivity index (χ2n) is 5.68. The molecule has 1 fully saturated rings. The van der Waals surface area contributed by atoms with Crippen molar-refractivity contribution >= 4 is 51.0 Å². The summed E-state index contributed by atoms with van der Waals surface area (Å²) in [6.07, 6.45) is 1.53. The molecule has 0 atom stereocenters. The van der Waals surface area contributed by atoms with E-state index in [9.17, 15) is 4.79 Å². The van der Waals surface area contributed by atoms with Gasteiger partial charge in [-0.2, -0.15) is 4.37 Å². The standard InChI is InChI=1S/C17H15ClN4O2S2/c18-12-3-1-11(2-4-12)14-15-16(26-21-14)17(20-10-19-15)25-9-13(23)22-5-7-24-8-6-22/h1-4,10H,5-9H2. The van der Waals surface area contributed by atoms with Gasteiger partial charge in [-0.05, 0) is 23.7 Å². The number of nitrogens with zero attached hydrogens (tertiary/aromatic N) is 4. The number of morpholine rings is 1. The van der Waals surface area contributed by atoms with E-state index in [0.717, 1.165) is 26.5 Å². The molecular weight excluding hydrogens is 392 g/mol. The zero-order chi connectivity index (χ0) is 17.9. The van der Waals surface area contributed by atoms with Crippen LogP contribution in [0.2, 0.25) is 5.02 Å². The Balaban J connectivity index is 1.55. The zero-order valence-corrected chi connectivity index (χ0v) is 16.1. The molecule has 3 aromatic rings. The number of halogens is 1. The molecule has 134 valence electrons. The molecule has 9 heteroatoms. The maximum absolute atomic E-state index is 12.3. The highest BCUT2D eigenvalue weighted by atomic mass is 35.5. The number of carbonyl (C=O) groups excluding carboxylic acids is 1. The molecule has 4 rings (SSSR count). The number of benzene rings is 1. The molecule has 3 heterocycles. The molecule has 0 unspecified atom stereocenters. The van der Waals surface area contributed by atoms with Crippen LogP contribution in [0.1, 0.15) is 0 Å². The van der Waals surface area contributed by atoms with Gasteiger partial charge >= 0.3 is 0 Å². The lowest BCUT2D eigenvalue weighted by Gasteiger charge is -2.26. The van der Waals surface area contributed by atoms with Gasteiger partial charge in [-0.15, -0.1) is 0 Å². The summed E-state index contributed by atoms with van der Waals surface area (Å²) in [6, 6.07) is 7.52. The lowest BCUT2D eigenvalue weighted by Crippen LogP contribution is -2.41. The molecule has 0 radical (unpaired) electrons. The Hall–Kier alpha value is -1.74. The number of fused-ring (bicyclic) bond motifs is 1. The van der Waals surface area contributed by atoms with Gasteiger partial charge in [-0.1, -0.05) is 35.5 Å². The van der Waals surface area contributed by atoms with E-state index >= 15 is 0 Å². The van der Waals surface area contributed by atoms with Gasteiger partial charge in [-0.25, -0.2) is 9.97 Å². The van der Waals surface area contributed by atoms with Crippen LogP contribution in [0.4, 0.5) is 0 Å². The highest BCUT2D eigenvalue weighted by molar-refractivity contribution is 8.00. The Morgan fingerprint density at radius 1 is 1.23 bits per heavy atom. The van der Waals surface area contributed by atoms with Crippen LogP contribution in [-0.4, -0.2) is 57.2 Å². The topological polar surface area (TPSA) is 68.2 Å². The molecule has 0 aliphatic carbocycles. The lowest BCUT2D eigenvalue weighted by atomic mass is 10.1. The fraction of sp³-hybridized carbons (Fsp3) is 0.294. The molecule has 0 N–H and O–H groups in total. The van der Waals surface area contributed by atoms with E-state index in [2.05, 4.69) is 14.3 Å². The van der Waals surface area contributed by atoms with Gasteiger partial charge in [0.2, 0.25) is 5.91 Å². The van der Waals surface area contributed by atoms with Gasteiger partial charge in [0.15, 0.2) is 0 Å². The minimum atomic E-state index is 0.104. The first-order chi connectivity index (χ1) is 12.7. The summed E-state index contributed by atoms with van der Waals surface area (Å²) in [5.74, 6) is 0.452. The van der Waals surface area contributed by atoms with E-state index < -0.39 is 0 Å². The molecule has 0 spiro atoms. The predicted molar refractivity (Wildman–Crippen MR) is 104 cm³/mol. The van der Waals surface area contributed by atoms with E-state index in [0.29, 0.717) is 37.1 Å². The second-order valence-corrected chi connectivity index (χ2v) is 7.85. The minimum Gasteiger partial charge on any atom is -0.378 e. The number of hydrogen-bond acceptors (Lipinski definition) is 7. The number of thioether (sulfide) groups is 1. The summed E-state index contributed by atoms with van der Waals surface area (Å²) in [4.78, 5) is 22.9. The van der Waals surface area contributed by atoms with Crippen molar-refractivity contribution in [1.29, 1.82) is 0 Å². The number of carbonyl (C=O) groups is 1. The largest absolute Gasteiger partial charge is 0.378 e. The molecule has 1 aromatic carbocycles. The molecule has 1 aliphatic heterocycles. The SMILES string of the molecule is O=C(CSc1ncnc2c(-c3ccc(Cl)cc3)nsc12)N1CCOCC1. The summed E-state index contributed by atoms with van der Waals surface area (Å²) in [5.41, 5.74) is 2.57. The van der Waals surface area contributed by atoms with Crippen LogP contribution in [0.5, 0.6) is 0 Å². The maximum atomic E-state index is 12.3. The van der Waals surface area contributed by atoms with Crippen molar-refractivity contribution in [3.05, 3.63) is 35.6 Å².